The van der Waals surface area contributed by atoms with Crippen molar-refractivity contribution >= 4 is 81.3 Å². The maximum absolute atomic E-state index is 13.9. The normalized spacial score (nSPS) is 25.7. The Labute approximate surface area is 526 Å². The number of carbonyl (C=O) groups is 5. The van der Waals surface area contributed by atoms with Crippen LogP contribution in [-0.2, 0) is 34.1 Å². The average Bonchev–Trinajstić information content (AvgIpc) is 1.42. The van der Waals surface area contributed by atoms with Gasteiger partial charge in [-0.1, -0.05) is 47.8 Å². The van der Waals surface area contributed by atoms with Crippen LogP contribution in [0.2, 0.25) is 0 Å². The van der Waals surface area contributed by atoms with E-state index in [9.17, 15) is 54.6 Å². The van der Waals surface area contributed by atoms with E-state index in [1.54, 1.807) is 46.0 Å². The molecular weight excluding hydrogens is 1160 g/mol. The number of aliphatic imine (C=N–C) groups is 1. The molecule has 20 nitrogen and oxygen atoms in total. The SMILES string of the molecule is C=c1c(C)c(O)c(=C)c(C(C)(C)CC(=O)N(C)CCN(CCOCCOCCC(=O)NCCCCC(NC(=O)CCC(C)C2CCC3C4CCC5CC(O)CCC5(C)C4CCC23C)C(O)O)C(=O)Oc2ccc3nc(C4=NC(C(=O)O)CS4)sc3c2)c1O. The number of fused-ring (bicyclic) bond motifs is 6. The molecule has 3 aromatic rings. The van der Waals surface area contributed by atoms with E-state index in [2.05, 4.69) is 54.5 Å². The number of aromatic nitrogens is 1. The smallest absolute Gasteiger partial charge is 0.415 e. The second-order valence-electron chi connectivity index (χ2n) is 26.9. The number of carboxylic acid groups (broad SMARTS) is 1. The number of thiazole rings is 1. The van der Waals surface area contributed by atoms with Gasteiger partial charge in [0.15, 0.2) is 12.3 Å². The second-order valence-corrected chi connectivity index (χ2v) is 28.9. The number of amides is 4. The van der Waals surface area contributed by atoms with E-state index >= 15 is 0 Å². The molecule has 0 bridgehead atoms. The maximum Gasteiger partial charge on any atom is 0.415 e. The first-order valence-electron chi connectivity index (χ1n) is 31.8. The lowest BCUT2D eigenvalue weighted by Crippen LogP contribution is -2.54. The van der Waals surface area contributed by atoms with Crippen LogP contribution in [0.4, 0.5) is 4.79 Å². The molecule has 22 heteroatoms. The van der Waals surface area contributed by atoms with E-state index in [-0.39, 0.29) is 116 Å². The maximum atomic E-state index is 13.9. The van der Waals surface area contributed by atoms with Gasteiger partial charge in [-0.05, 0) is 149 Å². The molecule has 5 aliphatic rings. The number of unbranched alkanes of at least 4 members (excludes halogenated alkanes) is 1. The van der Waals surface area contributed by atoms with Crippen LogP contribution >= 0.6 is 23.1 Å². The first-order chi connectivity index (χ1) is 41.7. The third-order valence-electron chi connectivity index (χ3n) is 20.8. The minimum atomic E-state index is -1.70. The van der Waals surface area contributed by atoms with Crippen LogP contribution in [0, 0.1) is 53.3 Å². The standard InChI is InChI=1S/C66H96N6O14S2/c1-38(46-17-18-47-45-16-14-42-34-43(73)21-24-65(42,7)48(45)22-25-66(46,47)8)13-20-54(75)68-50(61(79)80)12-10-11-26-67-53(74)23-30-84-32-33-85-31-29-72(28-27-71(9)55(76)36-64(5,6)56-41(4)57(77)39(2)40(3)58(56)78)63(83)86-44-15-19-49-52(35-44)88-60(69-49)59-70-51(37-87-59)62(81)82/h15,19,35,38,42-43,45-48,50-51,61,73,77-80H,3-4,10-14,16-18,20-34,36-37H2,1-2,5-9H3,(H,67,74)(H,68,75)(H,81,82). The zero-order valence-electron chi connectivity index (χ0n) is 52.7. The number of carboxylic acids is 1. The Morgan fingerprint density at radius 1 is 0.864 bits per heavy atom. The summed E-state index contributed by atoms with van der Waals surface area (Å²) >= 11 is 2.62. The molecule has 4 aliphatic carbocycles. The summed E-state index contributed by atoms with van der Waals surface area (Å²) < 4.78 is 18.1. The van der Waals surface area contributed by atoms with Crippen LogP contribution < -0.4 is 25.8 Å². The van der Waals surface area contributed by atoms with Crippen molar-refractivity contribution in [3.8, 4) is 17.2 Å². The van der Waals surface area contributed by atoms with Crippen LogP contribution in [0.5, 0.6) is 17.2 Å². The number of hydrogen-bond donors (Lipinski definition) is 8. The van der Waals surface area contributed by atoms with Gasteiger partial charge in [0.25, 0.3) is 0 Å². The molecule has 2 aromatic carbocycles. The Morgan fingerprint density at radius 3 is 2.32 bits per heavy atom. The number of nitrogens with zero attached hydrogens (tertiary/aromatic N) is 4. The molecule has 1 aliphatic heterocycles. The highest BCUT2D eigenvalue weighted by Crippen LogP contribution is 2.68. The Balaban J connectivity index is 0.729. The molecule has 0 radical (unpaired) electrons. The molecule has 4 fully saturated rings. The van der Waals surface area contributed by atoms with Crippen molar-refractivity contribution < 1.29 is 68.8 Å². The number of benzene rings is 2. The van der Waals surface area contributed by atoms with E-state index in [0.717, 1.165) is 43.4 Å². The number of rotatable bonds is 29. The highest BCUT2D eigenvalue weighted by molar-refractivity contribution is 8.15. The summed E-state index contributed by atoms with van der Waals surface area (Å²) in [6, 6.07) is 3.33. The average molecular weight is 1260 g/mol. The van der Waals surface area contributed by atoms with Crippen molar-refractivity contribution in [2.45, 2.75) is 174 Å². The summed E-state index contributed by atoms with van der Waals surface area (Å²) in [5.74, 6) is 2.46. The van der Waals surface area contributed by atoms with Crippen molar-refractivity contribution in [3.63, 3.8) is 0 Å². The molecule has 2 heterocycles. The van der Waals surface area contributed by atoms with Gasteiger partial charge in [-0.3, -0.25) is 19.4 Å². The summed E-state index contributed by atoms with van der Waals surface area (Å²) in [7, 11) is 1.61. The molecular formula is C66H96N6O14S2. The van der Waals surface area contributed by atoms with Crippen molar-refractivity contribution in [1.29, 1.82) is 0 Å². The molecule has 8 rings (SSSR count). The van der Waals surface area contributed by atoms with Crippen molar-refractivity contribution in [3.05, 3.63) is 44.8 Å². The van der Waals surface area contributed by atoms with E-state index in [0.29, 0.717) is 92.5 Å². The number of thioether (sulfide) groups is 1. The zero-order chi connectivity index (χ0) is 63.8. The topological polar surface area (TPSA) is 290 Å². The molecule has 8 N–H and O–H groups in total. The summed E-state index contributed by atoms with van der Waals surface area (Å²) in [4.78, 5) is 76.8. The Kier molecular flexibility index (Phi) is 23.2. The van der Waals surface area contributed by atoms with Gasteiger partial charge in [0.05, 0.1) is 48.8 Å². The lowest BCUT2D eigenvalue weighted by molar-refractivity contribution is -0.138. The van der Waals surface area contributed by atoms with Crippen LogP contribution in [0.25, 0.3) is 23.4 Å². The van der Waals surface area contributed by atoms with Crippen molar-refractivity contribution in [2.24, 2.45) is 51.3 Å². The lowest BCUT2D eigenvalue weighted by Gasteiger charge is -2.61. The van der Waals surface area contributed by atoms with Gasteiger partial charge >= 0.3 is 12.1 Å². The van der Waals surface area contributed by atoms with Crippen LogP contribution in [0.15, 0.2) is 23.2 Å². The zero-order valence-corrected chi connectivity index (χ0v) is 54.3. The van der Waals surface area contributed by atoms with Gasteiger partial charge in [0.2, 0.25) is 17.7 Å². The Morgan fingerprint density at radius 2 is 1.59 bits per heavy atom. The molecule has 4 amide bonds. The first-order valence-corrected chi connectivity index (χ1v) is 33.6. The predicted molar refractivity (Wildman–Crippen MR) is 341 cm³/mol. The highest BCUT2D eigenvalue weighted by Gasteiger charge is 2.60. The fourth-order valence-corrected chi connectivity index (χ4v) is 17.7. The van der Waals surface area contributed by atoms with Gasteiger partial charge < -0.3 is 65.3 Å². The minimum absolute atomic E-state index is 0.0572. The van der Waals surface area contributed by atoms with Gasteiger partial charge in [0.1, 0.15) is 27.3 Å². The first kappa shape index (κ1) is 68.5. The second kappa shape index (κ2) is 29.7. The summed E-state index contributed by atoms with van der Waals surface area (Å²) in [5, 5.41) is 69.3. The lowest BCUT2D eigenvalue weighted by atomic mass is 9.44. The van der Waals surface area contributed by atoms with Crippen molar-refractivity contribution in [1.82, 2.24) is 25.4 Å². The number of aliphatic hydroxyl groups excluding tert-OH is 2. The third-order valence-corrected chi connectivity index (χ3v) is 23.0. The number of aromatic hydroxyl groups is 2. The van der Waals surface area contributed by atoms with Gasteiger partial charge in [-0.15, -0.1) is 23.1 Å². The molecule has 11 unspecified atom stereocenters. The molecule has 11 atom stereocenters. The summed E-state index contributed by atoms with van der Waals surface area (Å²) in [5.41, 5.74) is 1.00. The highest BCUT2D eigenvalue weighted by atomic mass is 32.2. The number of phenolic OH excluding ortho intramolecular Hbond substituents is 2. The van der Waals surface area contributed by atoms with E-state index in [1.165, 1.54) is 71.4 Å². The molecule has 1 aromatic heterocycles. The van der Waals surface area contributed by atoms with E-state index < -0.39 is 35.9 Å². The number of aliphatic hydroxyl groups is 3. The quantitative estimate of drug-likeness (QED) is 0.0191. The number of ether oxygens (including phenoxy) is 3. The fourth-order valence-electron chi connectivity index (χ4n) is 15.6. The molecule has 4 saturated carbocycles. The van der Waals surface area contributed by atoms with E-state index in [1.807, 2.05) is 0 Å². The largest absolute Gasteiger partial charge is 0.507 e. The number of likely N-dealkylation sites (N-methyl/N-ethyl adjacent to an activating group) is 1. The van der Waals surface area contributed by atoms with Gasteiger partial charge in [0, 0.05) is 91.3 Å². The minimum Gasteiger partial charge on any atom is -0.507 e. The number of carbonyl (C=O) groups excluding carboxylic acids is 4. The Hall–Kier alpha value is -5.36. The summed E-state index contributed by atoms with van der Waals surface area (Å²) in [6.07, 6.45) is 10.6. The molecule has 0 spiro atoms. The number of nitrogens with one attached hydrogen (secondary N) is 2. The van der Waals surface area contributed by atoms with Crippen LogP contribution in [0.3, 0.4) is 0 Å². The fraction of sp³-hybridized carbons (Fsp3) is 0.682. The number of phenols is 2. The number of aliphatic carboxylic acids is 1. The van der Waals surface area contributed by atoms with Gasteiger partial charge in [-0.25, -0.2) is 14.6 Å². The molecule has 486 valence electrons. The van der Waals surface area contributed by atoms with E-state index in [4.69, 9.17) is 14.2 Å². The molecule has 0 saturated heterocycles. The monoisotopic (exact) mass is 1260 g/mol. The number of hydrogen-bond acceptors (Lipinski definition) is 17. The Bertz CT molecular complexity index is 3120. The third kappa shape index (κ3) is 16.0. The van der Waals surface area contributed by atoms with Crippen molar-refractivity contribution in [2.75, 3.05) is 65.4 Å². The van der Waals surface area contributed by atoms with Crippen LogP contribution in [0.1, 0.15) is 153 Å². The van der Waals surface area contributed by atoms with Crippen LogP contribution in [-0.4, -0.2) is 170 Å². The molecule has 88 heavy (non-hydrogen) atoms. The summed E-state index contributed by atoms with van der Waals surface area (Å²) in [6.45, 7) is 21.6. The predicted octanol–water partition coefficient (Wildman–Crippen LogP) is 7.35. The van der Waals surface area contributed by atoms with Gasteiger partial charge in [-0.2, -0.15) is 0 Å².